The van der Waals surface area contributed by atoms with Crippen LogP contribution >= 0.6 is 23.2 Å². The van der Waals surface area contributed by atoms with Crippen molar-refractivity contribution in [3.63, 3.8) is 0 Å². The van der Waals surface area contributed by atoms with E-state index in [1.165, 1.54) is 12.8 Å². The SMILES string of the molecule is CCC.CCC.O=C(Cl)[C@@H](O)[C@H](O)[C@H](O)[C@@H](O)C(=O)Cl. The standard InChI is InChI=1S/C6H8Cl2O6.2C3H8/c7-5(13)3(11)1(9)2(10)4(12)6(8)14;2*1-3-2/h1-4,9-12H;2*3H2,1-2H3/t1-,2+,3+,4-;;. The second kappa shape index (κ2) is 15.2. The molecule has 0 aromatic rings. The van der Waals surface area contributed by atoms with Gasteiger partial charge < -0.3 is 20.4 Å². The molecule has 4 atom stereocenters. The predicted molar refractivity (Wildman–Crippen MR) is 77.7 cm³/mol. The molecule has 0 spiro atoms. The van der Waals surface area contributed by atoms with Crippen LogP contribution in [0.15, 0.2) is 0 Å². The first-order chi connectivity index (χ1) is 9.11. The highest BCUT2D eigenvalue weighted by Crippen LogP contribution is 2.09. The van der Waals surface area contributed by atoms with Crippen LogP contribution in [0, 0.1) is 0 Å². The zero-order valence-electron chi connectivity index (χ0n) is 12.1. The average Bonchev–Trinajstić information content (AvgIpc) is 2.36. The van der Waals surface area contributed by atoms with Crippen molar-refractivity contribution in [2.75, 3.05) is 0 Å². The molecule has 0 aliphatic rings. The van der Waals surface area contributed by atoms with E-state index in [0.29, 0.717) is 0 Å². The van der Waals surface area contributed by atoms with Gasteiger partial charge in [-0.15, -0.1) is 0 Å². The van der Waals surface area contributed by atoms with Gasteiger partial charge in [-0.2, -0.15) is 0 Å². The lowest BCUT2D eigenvalue weighted by atomic mass is 10.0. The summed E-state index contributed by atoms with van der Waals surface area (Å²) < 4.78 is 0. The molecular formula is C12H24Cl2O6. The molecule has 0 saturated heterocycles. The maximum atomic E-state index is 10.3. The number of hydrogen-bond donors (Lipinski definition) is 4. The van der Waals surface area contributed by atoms with Crippen LogP contribution in [0.3, 0.4) is 0 Å². The lowest BCUT2D eigenvalue weighted by Gasteiger charge is -2.22. The van der Waals surface area contributed by atoms with Crippen LogP contribution in [0.2, 0.25) is 0 Å². The van der Waals surface area contributed by atoms with E-state index in [2.05, 4.69) is 27.7 Å². The first kappa shape index (κ1) is 24.8. The average molecular weight is 335 g/mol. The molecule has 0 rings (SSSR count). The Bertz CT molecular complexity index is 236. The molecule has 0 amide bonds. The second-order valence-corrected chi connectivity index (χ2v) is 4.64. The monoisotopic (exact) mass is 334 g/mol. The van der Waals surface area contributed by atoms with Crippen LogP contribution in [0.25, 0.3) is 0 Å². The van der Waals surface area contributed by atoms with E-state index in [1.807, 2.05) is 0 Å². The number of hydrogen-bond acceptors (Lipinski definition) is 6. The Labute approximate surface area is 129 Å². The van der Waals surface area contributed by atoms with Gasteiger partial charge in [-0.05, 0) is 23.2 Å². The van der Waals surface area contributed by atoms with E-state index in [4.69, 9.17) is 43.6 Å². The Morgan fingerprint density at radius 2 is 0.900 bits per heavy atom. The molecule has 0 heterocycles. The van der Waals surface area contributed by atoms with E-state index in [0.717, 1.165) is 0 Å². The molecule has 0 aromatic heterocycles. The maximum Gasteiger partial charge on any atom is 0.253 e. The van der Waals surface area contributed by atoms with Crippen molar-refractivity contribution >= 4 is 33.7 Å². The summed E-state index contributed by atoms with van der Waals surface area (Å²) in [7, 11) is 0. The summed E-state index contributed by atoms with van der Waals surface area (Å²) in [5.74, 6) is 0. The fourth-order valence-electron chi connectivity index (χ4n) is 0.642. The summed E-state index contributed by atoms with van der Waals surface area (Å²) >= 11 is 9.58. The van der Waals surface area contributed by atoms with E-state index >= 15 is 0 Å². The summed E-state index contributed by atoms with van der Waals surface area (Å²) in [5, 5.41) is 33.0. The van der Waals surface area contributed by atoms with Gasteiger partial charge in [-0.3, -0.25) is 9.59 Å². The van der Waals surface area contributed by atoms with Crippen LogP contribution in [0.1, 0.15) is 40.5 Å². The normalized spacial score (nSPS) is 15.5. The van der Waals surface area contributed by atoms with Gasteiger partial charge >= 0.3 is 0 Å². The van der Waals surface area contributed by atoms with Gasteiger partial charge in [-0.25, -0.2) is 0 Å². The number of aliphatic hydroxyl groups is 4. The summed E-state index contributed by atoms with van der Waals surface area (Å²) in [6, 6.07) is 0. The van der Waals surface area contributed by atoms with Gasteiger partial charge in [0, 0.05) is 0 Å². The van der Waals surface area contributed by atoms with Crippen LogP contribution < -0.4 is 0 Å². The number of aliphatic hydroxyl groups excluding tert-OH is 4. The van der Waals surface area contributed by atoms with E-state index in [-0.39, 0.29) is 0 Å². The van der Waals surface area contributed by atoms with Crippen molar-refractivity contribution in [2.45, 2.75) is 65.0 Å². The second-order valence-electron chi connectivity index (χ2n) is 3.89. The third-order valence-corrected chi connectivity index (χ3v) is 1.91. The molecule has 20 heavy (non-hydrogen) atoms. The van der Waals surface area contributed by atoms with Gasteiger partial charge in [0.15, 0.2) is 12.2 Å². The Morgan fingerprint density at radius 1 is 0.750 bits per heavy atom. The van der Waals surface area contributed by atoms with Gasteiger partial charge in [-0.1, -0.05) is 40.5 Å². The molecule has 0 aromatic carbocycles. The molecular weight excluding hydrogens is 311 g/mol. The van der Waals surface area contributed by atoms with Crippen LogP contribution in [-0.4, -0.2) is 55.3 Å². The summed E-state index contributed by atoms with van der Waals surface area (Å²) in [5.41, 5.74) is 0. The molecule has 0 unspecified atom stereocenters. The van der Waals surface area contributed by atoms with Crippen LogP contribution in [-0.2, 0) is 9.59 Å². The zero-order chi connectivity index (χ0) is 16.9. The first-order valence-corrected chi connectivity index (χ1v) is 6.98. The fourth-order valence-corrected chi connectivity index (χ4v) is 0.900. The number of halogens is 2. The molecule has 0 fully saturated rings. The van der Waals surface area contributed by atoms with Crippen molar-refractivity contribution in [3.05, 3.63) is 0 Å². The number of carbonyl (C=O) groups excluding carboxylic acids is 2. The van der Waals surface area contributed by atoms with Gasteiger partial charge in [0.1, 0.15) is 12.2 Å². The summed E-state index contributed by atoms with van der Waals surface area (Å²) in [6.45, 7) is 8.50. The van der Waals surface area contributed by atoms with Crippen LogP contribution in [0.5, 0.6) is 0 Å². The third kappa shape index (κ3) is 12.8. The molecule has 6 nitrogen and oxygen atoms in total. The highest BCUT2D eigenvalue weighted by atomic mass is 35.5. The largest absolute Gasteiger partial charge is 0.387 e. The molecule has 8 heteroatoms. The molecule has 0 radical (unpaired) electrons. The summed E-state index contributed by atoms with van der Waals surface area (Å²) in [4.78, 5) is 20.7. The van der Waals surface area contributed by atoms with Crippen molar-refractivity contribution in [2.24, 2.45) is 0 Å². The predicted octanol–water partition coefficient (Wildman–Crippen LogP) is 0.793. The number of carbonyl (C=O) groups is 2. The van der Waals surface area contributed by atoms with Crippen molar-refractivity contribution in [1.82, 2.24) is 0 Å². The highest BCUT2D eigenvalue weighted by molar-refractivity contribution is 6.65. The molecule has 0 saturated carbocycles. The van der Waals surface area contributed by atoms with Crippen molar-refractivity contribution in [3.8, 4) is 0 Å². The Kier molecular flexibility index (Phi) is 18.8. The smallest absolute Gasteiger partial charge is 0.253 e. The van der Waals surface area contributed by atoms with Gasteiger partial charge in [0.2, 0.25) is 0 Å². The minimum Gasteiger partial charge on any atom is -0.387 e. The quantitative estimate of drug-likeness (QED) is 0.552. The lowest BCUT2D eigenvalue weighted by Crippen LogP contribution is -2.48. The minimum atomic E-state index is -2.10. The van der Waals surface area contributed by atoms with E-state index in [9.17, 15) is 9.59 Å². The van der Waals surface area contributed by atoms with Gasteiger partial charge in [0.05, 0.1) is 0 Å². The fraction of sp³-hybridized carbons (Fsp3) is 0.833. The van der Waals surface area contributed by atoms with Crippen LogP contribution in [0.4, 0.5) is 0 Å². The van der Waals surface area contributed by atoms with Crippen molar-refractivity contribution < 1.29 is 30.0 Å². The maximum absolute atomic E-state index is 10.3. The molecule has 4 N–H and O–H groups in total. The van der Waals surface area contributed by atoms with Crippen molar-refractivity contribution in [1.29, 1.82) is 0 Å². The minimum absolute atomic E-state index is 1.25. The van der Waals surface area contributed by atoms with E-state index < -0.39 is 34.9 Å². The Balaban J connectivity index is -0.000000408. The number of rotatable bonds is 5. The van der Waals surface area contributed by atoms with E-state index in [1.54, 1.807) is 0 Å². The third-order valence-electron chi connectivity index (χ3n) is 1.46. The topological polar surface area (TPSA) is 115 Å². The Morgan fingerprint density at radius 3 is 1.00 bits per heavy atom. The highest BCUT2D eigenvalue weighted by Gasteiger charge is 2.36. The molecule has 0 aliphatic carbocycles. The Hall–Kier alpha value is -0.240. The first-order valence-electron chi connectivity index (χ1n) is 6.22. The summed E-state index contributed by atoms with van der Waals surface area (Å²) in [6.07, 6.45) is -5.87. The molecule has 0 aliphatic heterocycles. The molecule has 0 bridgehead atoms. The lowest BCUT2D eigenvalue weighted by molar-refractivity contribution is -0.145. The zero-order valence-corrected chi connectivity index (χ0v) is 13.6. The van der Waals surface area contributed by atoms with Gasteiger partial charge in [0.25, 0.3) is 10.5 Å². The molecule has 122 valence electrons.